The van der Waals surface area contributed by atoms with Gasteiger partial charge < -0.3 is 9.15 Å². The van der Waals surface area contributed by atoms with Gasteiger partial charge in [-0.2, -0.15) is 0 Å². The predicted molar refractivity (Wildman–Crippen MR) is 104 cm³/mol. The quantitative estimate of drug-likeness (QED) is 0.443. The van der Waals surface area contributed by atoms with Crippen LogP contribution in [0.3, 0.4) is 0 Å². The van der Waals surface area contributed by atoms with E-state index >= 15 is 0 Å². The maximum atomic E-state index is 12.4. The van der Waals surface area contributed by atoms with Crippen LogP contribution in [-0.4, -0.2) is 26.1 Å². The molecule has 0 bridgehead atoms. The van der Waals surface area contributed by atoms with Gasteiger partial charge in [0.25, 0.3) is 5.89 Å². The average Bonchev–Trinajstić information content (AvgIpc) is 3.34. The second kappa shape index (κ2) is 7.87. The Kier molecular flexibility index (Phi) is 5.14. The van der Waals surface area contributed by atoms with Gasteiger partial charge in [0.2, 0.25) is 5.89 Å². The van der Waals surface area contributed by atoms with Crippen LogP contribution in [0.4, 0.5) is 0 Å². The number of esters is 1. The van der Waals surface area contributed by atoms with E-state index in [1.165, 1.54) is 11.3 Å². The fourth-order valence-electron chi connectivity index (χ4n) is 2.40. The number of halogens is 1. The van der Waals surface area contributed by atoms with Crippen LogP contribution >= 0.6 is 22.9 Å². The van der Waals surface area contributed by atoms with Crippen molar-refractivity contribution in [2.75, 3.05) is 0 Å². The van der Waals surface area contributed by atoms with Crippen molar-refractivity contribution in [2.24, 2.45) is 0 Å². The van der Waals surface area contributed by atoms with Gasteiger partial charge in [-0.25, -0.2) is 9.78 Å². The van der Waals surface area contributed by atoms with Crippen molar-refractivity contribution in [3.05, 3.63) is 70.1 Å². The highest BCUT2D eigenvalue weighted by Gasteiger charge is 2.19. The number of thiazole rings is 1. The number of carbonyl (C=O) groups excluding carboxylic acids is 1. The maximum Gasteiger partial charge on any atom is 0.350 e. The number of aromatic nitrogens is 4. The second-order valence-electron chi connectivity index (χ2n) is 5.73. The van der Waals surface area contributed by atoms with Gasteiger partial charge >= 0.3 is 5.97 Å². The van der Waals surface area contributed by atoms with Crippen LogP contribution in [0.15, 0.2) is 53.1 Å². The van der Waals surface area contributed by atoms with Crippen molar-refractivity contribution >= 4 is 28.9 Å². The summed E-state index contributed by atoms with van der Waals surface area (Å²) in [6, 6.07) is 12.5. The molecule has 3 heterocycles. The van der Waals surface area contributed by atoms with Crippen molar-refractivity contribution in [3.8, 4) is 22.2 Å². The number of benzene rings is 1. The van der Waals surface area contributed by atoms with Gasteiger partial charge in [0.05, 0.1) is 11.4 Å². The lowest BCUT2D eigenvalue weighted by atomic mass is 10.2. The fourth-order valence-corrected chi connectivity index (χ4v) is 3.46. The minimum absolute atomic E-state index is 0.129. The third kappa shape index (κ3) is 3.92. The molecule has 0 spiro atoms. The lowest BCUT2D eigenvalue weighted by Gasteiger charge is -2.00. The summed E-state index contributed by atoms with van der Waals surface area (Å²) < 4.78 is 10.8. The Morgan fingerprint density at radius 2 is 2.00 bits per heavy atom. The van der Waals surface area contributed by atoms with E-state index in [1.54, 1.807) is 37.4 Å². The van der Waals surface area contributed by atoms with E-state index < -0.39 is 5.97 Å². The highest BCUT2D eigenvalue weighted by atomic mass is 35.5. The standard InChI is InChI=1S/C19H13ClN4O3S/c1-11-16(28-18(22-11)14-4-2-3-9-21-14)19(25)26-10-15-23-24-17(27-15)12-5-7-13(20)8-6-12/h2-9H,10H2,1H3. The number of pyridine rings is 1. The maximum absolute atomic E-state index is 12.4. The number of nitrogens with zero attached hydrogens (tertiary/aromatic N) is 4. The van der Waals surface area contributed by atoms with Crippen LogP contribution < -0.4 is 0 Å². The molecule has 3 aromatic heterocycles. The second-order valence-corrected chi connectivity index (χ2v) is 7.17. The molecular formula is C19H13ClN4O3S. The number of hydrogen-bond donors (Lipinski definition) is 0. The Labute approximate surface area is 169 Å². The molecule has 0 saturated carbocycles. The number of aryl methyl sites for hydroxylation is 1. The van der Waals surface area contributed by atoms with E-state index in [0.29, 0.717) is 32.2 Å². The van der Waals surface area contributed by atoms with Gasteiger partial charge in [0.1, 0.15) is 9.88 Å². The molecule has 0 unspecified atom stereocenters. The van der Waals surface area contributed by atoms with Crippen LogP contribution in [-0.2, 0) is 11.3 Å². The molecule has 28 heavy (non-hydrogen) atoms. The first-order valence-electron chi connectivity index (χ1n) is 8.24. The largest absolute Gasteiger partial charge is 0.451 e. The van der Waals surface area contributed by atoms with E-state index in [9.17, 15) is 4.79 Å². The van der Waals surface area contributed by atoms with Gasteiger partial charge in [-0.15, -0.1) is 21.5 Å². The fraction of sp³-hybridized carbons (Fsp3) is 0.105. The SMILES string of the molecule is Cc1nc(-c2ccccn2)sc1C(=O)OCc1nnc(-c2ccc(Cl)cc2)o1. The lowest BCUT2D eigenvalue weighted by Crippen LogP contribution is -2.05. The molecule has 1 aromatic carbocycles. The summed E-state index contributed by atoms with van der Waals surface area (Å²) in [6.45, 7) is 1.63. The summed E-state index contributed by atoms with van der Waals surface area (Å²) in [5.74, 6) is 0.0305. The Morgan fingerprint density at radius 1 is 1.18 bits per heavy atom. The third-order valence-electron chi connectivity index (χ3n) is 3.75. The first-order valence-corrected chi connectivity index (χ1v) is 9.44. The molecule has 4 rings (SSSR count). The molecule has 0 atom stereocenters. The Morgan fingerprint density at radius 3 is 2.75 bits per heavy atom. The minimum Gasteiger partial charge on any atom is -0.451 e. The predicted octanol–water partition coefficient (Wildman–Crippen LogP) is 4.57. The van der Waals surface area contributed by atoms with Gasteiger partial charge in [-0.1, -0.05) is 17.7 Å². The van der Waals surface area contributed by atoms with Crippen molar-refractivity contribution in [2.45, 2.75) is 13.5 Å². The molecule has 0 N–H and O–H groups in total. The van der Waals surface area contributed by atoms with Crippen LogP contribution in [0.5, 0.6) is 0 Å². The number of rotatable bonds is 5. The summed E-state index contributed by atoms with van der Waals surface area (Å²) in [5, 5.41) is 9.14. The summed E-state index contributed by atoms with van der Waals surface area (Å²) >= 11 is 7.10. The highest BCUT2D eigenvalue weighted by Crippen LogP contribution is 2.27. The Balaban J connectivity index is 1.44. The third-order valence-corrected chi connectivity index (χ3v) is 5.16. The monoisotopic (exact) mass is 412 g/mol. The molecule has 7 nitrogen and oxygen atoms in total. The Hall–Kier alpha value is -3.10. The number of hydrogen-bond acceptors (Lipinski definition) is 8. The smallest absolute Gasteiger partial charge is 0.350 e. The van der Waals surface area contributed by atoms with Gasteiger partial charge in [-0.05, 0) is 43.3 Å². The van der Waals surface area contributed by atoms with Crippen molar-refractivity contribution in [1.82, 2.24) is 20.2 Å². The molecule has 4 aromatic rings. The molecule has 0 radical (unpaired) electrons. The van der Waals surface area contributed by atoms with E-state index in [4.69, 9.17) is 20.8 Å². The normalized spacial score (nSPS) is 10.8. The van der Waals surface area contributed by atoms with Crippen LogP contribution in [0.1, 0.15) is 21.3 Å². The van der Waals surface area contributed by atoms with Crippen LogP contribution in [0.2, 0.25) is 5.02 Å². The van der Waals surface area contributed by atoms with Gasteiger partial charge in [0.15, 0.2) is 6.61 Å². The first-order chi connectivity index (χ1) is 13.6. The topological polar surface area (TPSA) is 91.0 Å². The summed E-state index contributed by atoms with van der Waals surface area (Å²) in [5.41, 5.74) is 2.02. The molecule has 0 aliphatic rings. The molecule has 0 aliphatic heterocycles. The highest BCUT2D eigenvalue weighted by molar-refractivity contribution is 7.17. The molecule has 0 amide bonds. The molecule has 0 fully saturated rings. The Bertz CT molecular complexity index is 1110. The van der Waals surface area contributed by atoms with E-state index in [2.05, 4.69) is 20.2 Å². The molecule has 0 aliphatic carbocycles. The van der Waals surface area contributed by atoms with Gasteiger partial charge in [-0.3, -0.25) is 4.98 Å². The van der Waals surface area contributed by atoms with Gasteiger partial charge in [0, 0.05) is 16.8 Å². The lowest BCUT2D eigenvalue weighted by molar-refractivity contribution is 0.0443. The number of carbonyl (C=O) groups is 1. The average molecular weight is 413 g/mol. The van der Waals surface area contributed by atoms with Crippen LogP contribution in [0, 0.1) is 6.92 Å². The van der Waals surface area contributed by atoms with Crippen molar-refractivity contribution in [1.29, 1.82) is 0 Å². The minimum atomic E-state index is -0.497. The molecule has 0 saturated heterocycles. The molecule has 9 heteroatoms. The molecular weight excluding hydrogens is 400 g/mol. The van der Waals surface area contributed by atoms with Crippen molar-refractivity contribution < 1.29 is 13.9 Å². The molecule has 140 valence electrons. The summed E-state index contributed by atoms with van der Waals surface area (Å²) in [4.78, 5) is 21.5. The first kappa shape index (κ1) is 18.3. The van der Waals surface area contributed by atoms with Crippen molar-refractivity contribution in [3.63, 3.8) is 0 Å². The van der Waals surface area contributed by atoms with E-state index in [-0.39, 0.29) is 12.5 Å². The zero-order valence-electron chi connectivity index (χ0n) is 14.6. The van der Waals surface area contributed by atoms with E-state index in [0.717, 1.165) is 5.56 Å². The van der Waals surface area contributed by atoms with E-state index in [1.807, 2.05) is 18.2 Å². The number of ether oxygens (including phenoxy) is 1. The summed E-state index contributed by atoms with van der Waals surface area (Å²) in [6.07, 6.45) is 1.68. The summed E-state index contributed by atoms with van der Waals surface area (Å²) in [7, 11) is 0. The van der Waals surface area contributed by atoms with Crippen LogP contribution in [0.25, 0.3) is 22.2 Å². The zero-order chi connectivity index (χ0) is 19.5. The zero-order valence-corrected chi connectivity index (χ0v) is 16.2.